The first-order valence-electron chi connectivity index (χ1n) is 7.80. The summed E-state index contributed by atoms with van der Waals surface area (Å²) in [5.41, 5.74) is 1.27. The van der Waals surface area contributed by atoms with Crippen molar-refractivity contribution in [2.75, 3.05) is 39.6 Å². The lowest BCUT2D eigenvalue weighted by molar-refractivity contribution is 0.0405. The zero-order chi connectivity index (χ0) is 15.3. The van der Waals surface area contributed by atoms with Gasteiger partial charge in [0.05, 0.1) is 19.8 Å². The Hall–Kier alpha value is -1.10. The highest BCUT2D eigenvalue weighted by molar-refractivity contribution is 5.27. The molecule has 0 saturated carbocycles. The smallest absolute Gasteiger partial charge is 0.119 e. The zero-order valence-corrected chi connectivity index (χ0v) is 13.6. The van der Waals surface area contributed by atoms with Crippen LogP contribution in [0.4, 0.5) is 0 Å². The maximum atomic E-state index is 5.62. The minimum absolute atomic E-state index is 0.567. The molecule has 0 aromatic heterocycles. The molecule has 1 rings (SSSR count). The van der Waals surface area contributed by atoms with Crippen molar-refractivity contribution in [1.82, 2.24) is 5.32 Å². The van der Waals surface area contributed by atoms with Crippen LogP contribution in [0.25, 0.3) is 0 Å². The lowest BCUT2D eigenvalue weighted by atomic mass is 10.2. The number of rotatable bonds is 12. The number of benzene rings is 1. The first-order valence-corrected chi connectivity index (χ1v) is 7.80. The third-order valence-corrected chi connectivity index (χ3v) is 2.88. The van der Waals surface area contributed by atoms with Crippen molar-refractivity contribution in [2.45, 2.75) is 27.3 Å². The van der Waals surface area contributed by atoms with E-state index in [-0.39, 0.29) is 0 Å². The monoisotopic (exact) mass is 295 g/mol. The molecular formula is C17H29NO3. The molecule has 0 aliphatic carbocycles. The average Bonchev–Trinajstić information content (AvgIpc) is 2.47. The van der Waals surface area contributed by atoms with Crippen LogP contribution in [0, 0.1) is 5.92 Å². The van der Waals surface area contributed by atoms with Gasteiger partial charge in [-0.05, 0) is 37.1 Å². The van der Waals surface area contributed by atoms with Gasteiger partial charge in [-0.1, -0.05) is 26.0 Å². The first kappa shape index (κ1) is 18.0. The highest BCUT2D eigenvalue weighted by atomic mass is 16.5. The first-order chi connectivity index (χ1) is 10.2. The molecule has 0 spiro atoms. The standard InChI is InChI=1S/C17H29NO3/c1-4-19-9-10-20-11-12-21-17-7-5-16(6-8-17)14-18-13-15(2)3/h5-8,15,18H,4,9-14H2,1-3H3. The predicted molar refractivity (Wildman–Crippen MR) is 85.8 cm³/mol. The number of ether oxygens (including phenoxy) is 3. The minimum atomic E-state index is 0.567. The van der Waals surface area contributed by atoms with E-state index in [9.17, 15) is 0 Å². The summed E-state index contributed by atoms with van der Waals surface area (Å²) < 4.78 is 16.2. The van der Waals surface area contributed by atoms with Crippen LogP contribution in [-0.4, -0.2) is 39.6 Å². The van der Waals surface area contributed by atoms with Crippen molar-refractivity contribution < 1.29 is 14.2 Å². The summed E-state index contributed by atoms with van der Waals surface area (Å²) in [7, 11) is 0. The van der Waals surface area contributed by atoms with Gasteiger partial charge in [0, 0.05) is 13.2 Å². The van der Waals surface area contributed by atoms with Crippen LogP contribution in [0.1, 0.15) is 26.3 Å². The highest BCUT2D eigenvalue weighted by Gasteiger charge is 1.97. The summed E-state index contributed by atoms with van der Waals surface area (Å²) in [6, 6.07) is 8.20. The second-order valence-corrected chi connectivity index (χ2v) is 5.33. The Bertz CT molecular complexity index is 352. The van der Waals surface area contributed by atoms with Crippen molar-refractivity contribution in [3.63, 3.8) is 0 Å². The molecule has 0 bridgehead atoms. The molecule has 0 radical (unpaired) electrons. The van der Waals surface area contributed by atoms with Crippen LogP contribution < -0.4 is 10.1 Å². The molecule has 0 aliphatic heterocycles. The summed E-state index contributed by atoms with van der Waals surface area (Å²) in [4.78, 5) is 0. The molecule has 120 valence electrons. The quantitative estimate of drug-likeness (QED) is 0.602. The second kappa shape index (κ2) is 11.5. The van der Waals surface area contributed by atoms with Crippen molar-refractivity contribution >= 4 is 0 Å². The lowest BCUT2D eigenvalue weighted by Gasteiger charge is -2.09. The molecule has 1 N–H and O–H groups in total. The van der Waals surface area contributed by atoms with E-state index in [1.54, 1.807) is 0 Å². The van der Waals surface area contributed by atoms with E-state index in [0.717, 1.165) is 25.4 Å². The second-order valence-electron chi connectivity index (χ2n) is 5.33. The molecule has 1 aromatic rings. The fourth-order valence-electron chi connectivity index (χ4n) is 1.79. The normalized spacial score (nSPS) is 11.0. The molecule has 4 nitrogen and oxygen atoms in total. The maximum absolute atomic E-state index is 5.62. The predicted octanol–water partition coefficient (Wildman–Crippen LogP) is 2.86. The molecule has 0 fully saturated rings. The van der Waals surface area contributed by atoms with Gasteiger partial charge >= 0.3 is 0 Å². The largest absolute Gasteiger partial charge is 0.491 e. The van der Waals surface area contributed by atoms with Gasteiger partial charge in [-0.15, -0.1) is 0 Å². The van der Waals surface area contributed by atoms with Crippen molar-refractivity contribution in [2.24, 2.45) is 5.92 Å². The van der Waals surface area contributed by atoms with E-state index in [4.69, 9.17) is 14.2 Å². The molecule has 0 amide bonds. The third-order valence-electron chi connectivity index (χ3n) is 2.88. The maximum Gasteiger partial charge on any atom is 0.119 e. The Morgan fingerprint density at radius 1 is 0.952 bits per heavy atom. The Morgan fingerprint density at radius 2 is 1.62 bits per heavy atom. The molecule has 21 heavy (non-hydrogen) atoms. The van der Waals surface area contributed by atoms with E-state index in [1.165, 1.54) is 5.56 Å². The Morgan fingerprint density at radius 3 is 2.29 bits per heavy atom. The Kier molecular flexibility index (Phi) is 9.87. The van der Waals surface area contributed by atoms with Crippen molar-refractivity contribution in [3.8, 4) is 5.75 Å². The summed E-state index contributed by atoms with van der Waals surface area (Å²) in [5, 5.41) is 3.42. The van der Waals surface area contributed by atoms with Crippen LogP contribution in [-0.2, 0) is 16.0 Å². The van der Waals surface area contributed by atoms with Crippen LogP contribution >= 0.6 is 0 Å². The molecule has 0 heterocycles. The van der Waals surface area contributed by atoms with Gasteiger partial charge in [-0.3, -0.25) is 0 Å². The molecule has 0 unspecified atom stereocenters. The van der Waals surface area contributed by atoms with Crippen molar-refractivity contribution in [1.29, 1.82) is 0 Å². The lowest BCUT2D eigenvalue weighted by Crippen LogP contribution is -2.18. The van der Waals surface area contributed by atoms with E-state index in [2.05, 4.69) is 31.3 Å². The van der Waals surface area contributed by atoms with Gasteiger partial charge in [0.15, 0.2) is 0 Å². The Labute approximate surface area is 128 Å². The topological polar surface area (TPSA) is 39.7 Å². The molecule has 4 heteroatoms. The van der Waals surface area contributed by atoms with Gasteiger partial charge in [0.1, 0.15) is 12.4 Å². The van der Waals surface area contributed by atoms with Crippen molar-refractivity contribution in [3.05, 3.63) is 29.8 Å². The van der Waals surface area contributed by atoms with Crippen LogP contribution in [0.15, 0.2) is 24.3 Å². The fourth-order valence-corrected chi connectivity index (χ4v) is 1.79. The third kappa shape index (κ3) is 9.45. The molecular weight excluding hydrogens is 266 g/mol. The minimum Gasteiger partial charge on any atom is -0.491 e. The summed E-state index contributed by atoms with van der Waals surface area (Å²) in [5.74, 6) is 1.56. The number of hydrogen-bond donors (Lipinski definition) is 1. The fraction of sp³-hybridized carbons (Fsp3) is 0.647. The van der Waals surface area contributed by atoms with E-state index in [1.807, 2.05) is 19.1 Å². The van der Waals surface area contributed by atoms with E-state index in [0.29, 0.717) is 32.3 Å². The zero-order valence-electron chi connectivity index (χ0n) is 13.6. The summed E-state index contributed by atoms with van der Waals surface area (Å²) >= 11 is 0. The molecule has 0 aliphatic rings. The number of nitrogens with one attached hydrogen (secondary N) is 1. The van der Waals surface area contributed by atoms with Crippen LogP contribution in [0.3, 0.4) is 0 Å². The van der Waals surface area contributed by atoms with Gasteiger partial charge in [0.2, 0.25) is 0 Å². The van der Waals surface area contributed by atoms with E-state index < -0.39 is 0 Å². The summed E-state index contributed by atoms with van der Waals surface area (Å²) in [6.45, 7) is 11.5. The van der Waals surface area contributed by atoms with Crippen LogP contribution in [0.2, 0.25) is 0 Å². The van der Waals surface area contributed by atoms with Gasteiger partial charge in [-0.25, -0.2) is 0 Å². The highest BCUT2D eigenvalue weighted by Crippen LogP contribution is 2.12. The molecule has 1 aromatic carbocycles. The van der Waals surface area contributed by atoms with E-state index >= 15 is 0 Å². The van der Waals surface area contributed by atoms with Gasteiger partial charge < -0.3 is 19.5 Å². The average molecular weight is 295 g/mol. The number of hydrogen-bond acceptors (Lipinski definition) is 4. The van der Waals surface area contributed by atoms with Crippen LogP contribution in [0.5, 0.6) is 5.75 Å². The molecule has 0 saturated heterocycles. The van der Waals surface area contributed by atoms with Gasteiger partial charge in [0.25, 0.3) is 0 Å². The Balaban J connectivity index is 2.10. The SMILES string of the molecule is CCOCCOCCOc1ccc(CNCC(C)C)cc1. The van der Waals surface area contributed by atoms with Gasteiger partial charge in [-0.2, -0.15) is 0 Å². The summed E-state index contributed by atoms with van der Waals surface area (Å²) in [6.07, 6.45) is 0. The molecule has 0 atom stereocenters.